The molecule has 1 spiro atoms. The van der Waals surface area contributed by atoms with E-state index < -0.39 is 10.8 Å². The van der Waals surface area contributed by atoms with Crippen molar-refractivity contribution in [2.75, 3.05) is 19.1 Å². The van der Waals surface area contributed by atoms with Gasteiger partial charge in [-0.25, -0.2) is 0 Å². The summed E-state index contributed by atoms with van der Waals surface area (Å²) in [5.41, 5.74) is 2.31. The van der Waals surface area contributed by atoms with Gasteiger partial charge in [-0.3, -0.25) is 4.21 Å². The van der Waals surface area contributed by atoms with Crippen molar-refractivity contribution in [2.45, 2.75) is 103 Å². The van der Waals surface area contributed by atoms with Crippen LogP contribution in [0.5, 0.6) is 0 Å². The summed E-state index contributed by atoms with van der Waals surface area (Å²) in [5, 5.41) is 10.3. The number of fused-ring (bicyclic) bond motifs is 7. The molecule has 0 unspecified atom stereocenters. The second kappa shape index (κ2) is 8.96. The van der Waals surface area contributed by atoms with Crippen LogP contribution in [-0.2, 0) is 20.3 Å². The van der Waals surface area contributed by atoms with E-state index in [-0.39, 0.29) is 11.9 Å². The number of ether oxygens (including phenoxy) is 2. The molecule has 6 aliphatic rings. The van der Waals surface area contributed by atoms with E-state index in [1.54, 1.807) is 18.1 Å². The van der Waals surface area contributed by atoms with Crippen LogP contribution < -0.4 is 0 Å². The van der Waals surface area contributed by atoms with Crippen molar-refractivity contribution >= 4 is 10.8 Å². The highest BCUT2D eigenvalue weighted by Crippen LogP contribution is 2.70. The molecule has 194 valence electrons. The average Bonchev–Trinajstić information content (AvgIpc) is 3.21. The molecule has 0 bridgehead atoms. The van der Waals surface area contributed by atoms with Gasteiger partial charge in [0.25, 0.3) is 0 Å². The summed E-state index contributed by atoms with van der Waals surface area (Å²) >= 11 is 0. The fourth-order valence-electron chi connectivity index (χ4n) is 9.66. The molecule has 5 fully saturated rings. The lowest BCUT2D eigenvalue weighted by molar-refractivity contribution is -0.272. The number of hydrogen-bond acceptors (Lipinski definition) is 4. The van der Waals surface area contributed by atoms with Crippen molar-refractivity contribution in [1.82, 2.24) is 0 Å². The Kier molecular flexibility index (Phi) is 6.70. The summed E-state index contributed by atoms with van der Waals surface area (Å²) in [6.45, 7) is 10.8. The predicted octanol–water partition coefficient (Wildman–Crippen LogP) is 5.71. The fraction of sp³-hybridized carbons (Fsp3) is 0.931. The first-order chi connectivity index (χ1) is 16.0. The van der Waals surface area contributed by atoms with Crippen LogP contribution in [0.1, 0.15) is 85.5 Å². The molecule has 0 aromatic carbocycles. The van der Waals surface area contributed by atoms with E-state index >= 15 is 0 Å². The largest absolute Gasteiger partial charge is 0.393 e. The summed E-state index contributed by atoms with van der Waals surface area (Å²) in [7, 11) is -0.611. The van der Waals surface area contributed by atoms with Crippen LogP contribution in [0.15, 0.2) is 11.6 Å². The lowest BCUT2D eigenvalue weighted by atomic mass is 9.47. The van der Waals surface area contributed by atoms with Crippen LogP contribution in [0.3, 0.4) is 0 Å². The Bertz CT molecular complexity index is 828. The minimum absolute atomic E-state index is 0.107. The summed E-state index contributed by atoms with van der Waals surface area (Å²) in [6, 6.07) is 0. The van der Waals surface area contributed by atoms with Crippen molar-refractivity contribution in [1.29, 1.82) is 0 Å². The van der Waals surface area contributed by atoms with E-state index in [0.29, 0.717) is 34.7 Å². The molecular weight excluding hydrogens is 444 g/mol. The van der Waals surface area contributed by atoms with Gasteiger partial charge in [-0.05, 0) is 91.8 Å². The quantitative estimate of drug-likeness (QED) is 0.440. The maximum absolute atomic E-state index is 10.3. The Morgan fingerprint density at radius 2 is 1.79 bits per heavy atom. The van der Waals surface area contributed by atoms with Gasteiger partial charge in [-0.1, -0.05) is 39.3 Å². The summed E-state index contributed by atoms with van der Waals surface area (Å²) in [4.78, 5) is 0. The lowest BCUT2D eigenvalue weighted by Gasteiger charge is -2.58. The van der Waals surface area contributed by atoms with Gasteiger partial charge in [0, 0.05) is 35.6 Å². The summed E-state index contributed by atoms with van der Waals surface area (Å²) in [6.07, 6.45) is 16.7. The summed E-state index contributed by atoms with van der Waals surface area (Å²) in [5.74, 6) is 3.94. The lowest BCUT2D eigenvalue weighted by Crippen LogP contribution is -2.52. The number of rotatable bonds is 0. The Morgan fingerprint density at radius 3 is 2.47 bits per heavy atom. The molecule has 11 atom stereocenters. The second-order valence-electron chi connectivity index (χ2n) is 13.4. The highest BCUT2D eigenvalue weighted by molar-refractivity contribution is 7.83. The van der Waals surface area contributed by atoms with Crippen molar-refractivity contribution in [3.8, 4) is 0 Å². The topological polar surface area (TPSA) is 55.8 Å². The molecule has 4 nitrogen and oxygen atoms in total. The average molecular weight is 493 g/mol. The number of aliphatic hydroxyl groups is 1. The molecule has 2 saturated heterocycles. The maximum atomic E-state index is 10.3. The fourth-order valence-corrected chi connectivity index (χ4v) is 9.66. The van der Waals surface area contributed by atoms with Crippen LogP contribution in [0.2, 0.25) is 0 Å². The van der Waals surface area contributed by atoms with E-state index in [2.05, 4.69) is 33.8 Å². The van der Waals surface area contributed by atoms with Crippen molar-refractivity contribution in [3.05, 3.63) is 11.6 Å². The van der Waals surface area contributed by atoms with E-state index in [0.717, 1.165) is 43.6 Å². The third-order valence-corrected chi connectivity index (χ3v) is 11.3. The first-order valence-corrected chi connectivity index (χ1v) is 15.9. The van der Waals surface area contributed by atoms with Gasteiger partial charge < -0.3 is 14.6 Å². The van der Waals surface area contributed by atoms with Gasteiger partial charge in [0.15, 0.2) is 5.79 Å². The zero-order valence-electron chi connectivity index (χ0n) is 22.3. The SMILES string of the molecule is CS(C)=O.C[C@@H]1CC[C@@]2(OC1)O[C@H]1C[C@H]3[C@@H]4CC=C5C[C@@H](O)CC[C@]5(C)[C@H]4CC[C@]3(C)[C@H]1[C@@H]2C. The van der Waals surface area contributed by atoms with Gasteiger partial charge in [0.05, 0.1) is 18.8 Å². The maximum Gasteiger partial charge on any atom is 0.171 e. The summed E-state index contributed by atoms with van der Waals surface area (Å²) < 4.78 is 22.9. The Morgan fingerprint density at radius 1 is 1.06 bits per heavy atom. The molecule has 2 aliphatic heterocycles. The minimum Gasteiger partial charge on any atom is -0.393 e. The van der Waals surface area contributed by atoms with E-state index in [1.807, 2.05) is 0 Å². The highest BCUT2D eigenvalue weighted by Gasteiger charge is 2.68. The van der Waals surface area contributed by atoms with Gasteiger partial charge in [-0.2, -0.15) is 0 Å². The van der Waals surface area contributed by atoms with Crippen LogP contribution in [0.25, 0.3) is 0 Å². The zero-order valence-corrected chi connectivity index (χ0v) is 23.2. The molecular formula is C29H48O4S. The Balaban J connectivity index is 0.000000560. The molecule has 0 radical (unpaired) electrons. The van der Waals surface area contributed by atoms with Crippen molar-refractivity contribution in [2.24, 2.45) is 46.3 Å². The van der Waals surface area contributed by atoms with Crippen LogP contribution in [0.4, 0.5) is 0 Å². The molecule has 0 aromatic rings. The monoisotopic (exact) mass is 492 g/mol. The smallest absolute Gasteiger partial charge is 0.171 e. The van der Waals surface area contributed by atoms with Gasteiger partial charge >= 0.3 is 0 Å². The molecule has 0 amide bonds. The molecule has 3 saturated carbocycles. The molecule has 4 aliphatic carbocycles. The number of allylic oxidation sites excluding steroid dienone is 1. The highest BCUT2D eigenvalue weighted by atomic mass is 32.2. The molecule has 2 heterocycles. The second-order valence-corrected chi connectivity index (χ2v) is 14.9. The molecule has 34 heavy (non-hydrogen) atoms. The molecule has 6 rings (SSSR count). The molecule has 0 aromatic heterocycles. The zero-order chi connectivity index (χ0) is 24.5. The van der Waals surface area contributed by atoms with Crippen molar-refractivity contribution < 1.29 is 18.8 Å². The number of hydrogen-bond donors (Lipinski definition) is 1. The molecule has 1 N–H and O–H groups in total. The van der Waals surface area contributed by atoms with Gasteiger partial charge in [0.1, 0.15) is 0 Å². The van der Waals surface area contributed by atoms with E-state index in [1.165, 1.54) is 38.5 Å². The number of aliphatic hydroxyl groups excluding tert-OH is 1. The predicted molar refractivity (Wildman–Crippen MR) is 138 cm³/mol. The third-order valence-electron chi connectivity index (χ3n) is 11.3. The van der Waals surface area contributed by atoms with Crippen LogP contribution >= 0.6 is 0 Å². The van der Waals surface area contributed by atoms with Gasteiger partial charge in [-0.15, -0.1) is 0 Å². The normalized spacial score (nSPS) is 53.8. The van der Waals surface area contributed by atoms with E-state index in [4.69, 9.17) is 9.47 Å². The van der Waals surface area contributed by atoms with Crippen molar-refractivity contribution in [3.63, 3.8) is 0 Å². The van der Waals surface area contributed by atoms with Gasteiger partial charge in [0.2, 0.25) is 0 Å². The Labute approximate surface area is 210 Å². The van der Waals surface area contributed by atoms with Crippen LogP contribution in [0, 0.1) is 46.3 Å². The first-order valence-electron chi connectivity index (χ1n) is 13.9. The molecule has 5 heteroatoms. The third kappa shape index (κ3) is 3.90. The minimum atomic E-state index is -0.611. The Hall–Kier alpha value is -0.230. The van der Waals surface area contributed by atoms with Crippen LogP contribution in [-0.4, -0.2) is 46.4 Å². The first kappa shape index (κ1) is 25.4. The van der Waals surface area contributed by atoms with E-state index in [9.17, 15) is 9.32 Å². The standard InChI is InChI=1S/C27H42O3.C2H6OS/c1-16-7-12-27(29-15-16)17(2)24-23(30-27)14-22-20-6-5-18-13-19(28)8-10-25(18,3)21(20)9-11-26(22,24)4;1-4(2)3/h5,16-17,19-24,28H,6-15H2,1-4H3;1-2H3/t16-,17+,19+,20-,21+,22+,23+,24+,25+,26+,27-;/m1./s1.